The monoisotopic (exact) mass is 546 g/mol. The molecule has 0 aromatic heterocycles. The van der Waals surface area contributed by atoms with E-state index in [1.165, 1.54) is 6.07 Å². The van der Waals surface area contributed by atoms with E-state index in [-0.39, 0.29) is 23.8 Å². The van der Waals surface area contributed by atoms with Crippen molar-refractivity contribution in [3.05, 3.63) is 70.8 Å². The molecule has 0 saturated heterocycles. The molecule has 1 fully saturated rings. The smallest absolute Gasteiger partial charge is 0.385 e. The maximum absolute atomic E-state index is 12.9. The van der Waals surface area contributed by atoms with E-state index in [9.17, 15) is 32.7 Å². The topological polar surface area (TPSA) is 131 Å². The van der Waals surface area contributed by atoms with Crippen molar-refractivity contribution in [1.82, 2.24) is 16.0 Å². The molecular formula is C28H33F3N4O4. The zero-order chi connectivity index (χ0) is 28.8. The van der Waals surface area contributed by atoms with Crippen molar-refractivity contribution in [3.8, 4) is 0 Å². The summed E-state index contributed by atoms with van der Waals surface area (Å²) in [5.74, 6) is -1.62. The maximum Gasteiger partial charge on any atom is 0.416 e. The Morgan fingerprint density at radius 3 is 2.28 bits per heavy atom. The summed E-state index contributed by atoms with van der Waals surface area (Å²) in [5, 5.41) is 27.3. The molecule has 0 heterocycles. The first-order chi connectivity index (χ1) is 18.3. The van der Waals surface area contributed by atoms with E-state index in [1.807, 2.05) is 0 Å². The quantitative estimate of drug-likeness (QED) is 0.306. The van der Waals surface area contributed by atoms with Crippen LogP contribution in [0.25, 0.3) is 0 Å². The summed E-state index contributed by atoms with van der Waals surface area (Å²) in [6.45, 7) is 1.31. The average Bonchev–Trinajstić information content (AvgIpc) is 2.91. The highest BCUT2D eigenvalue weighted by atomic mass is 19.4. The SMILES string of the molecule is CNC(=O)c1cccc(C2(O)CCC(C(=N)C[C@@H](C)NC(=O)CNC(=O)c3cccc(C(F)(F)F)c3)CC2)c1. The van der Waals surface area contributed by atoms with E-state index in [0.29, 0.717) is 42.5 Å². The molecule has 3 rings (SSSR count). The zero-order valence-electron chi connectivity index (χ0n) is 21.8. The summed E-state index contributed by atoms with van der Waals surface area (Å²) in [6, 6.07) is 10.4. The lowest BCUT2D eigenvalue weighted by atomic mass is 9.73. The second-order valence-electron chi connectivity index (χ2n) is 9.92. The number of hydrogen-bond acceptors (Lipinski definition) is 5. The number of hydrogen-bond donors (Lipinski definition) is 5. The van der Waals surface area contributed by atoms with Crippen LogP contribution in [0, 0.1) is 11.3 Å². The van der Waals surface area contributed by atoms with Gasteiger partial charge in [-0.3, -0.25) is 14.4 Å². The molecule has 0 unspecified atom stereocenters. The molecule has 1 aliphatic rings. The number of nitrogens with one attached hydrogen (secondary N) is 4. The minimum atomic E-state index is -4.58. The Hall–Kier alpha value is -3.73. The Morgan fingerprint density at radius 1 is 1.05 bits per heavy atom. The number of halogens is 3. The molecule has 2 aromatic carbocycles. The van der Waals surface area contributed by atoms with Crippen molar-refractivity contribution in [1.29, 1.82) is 5.41 Å². The Balaban J connectivity index is 1.45. The predicted molar refractivity (Wildman–Crippen MR) is 139 cm³/mol. The summed E-state index contributed by atoms with van der Waals surface area (Å²) in [6.07, 6.45) is -2.29. The highest BCUT2D eigenvalue weighted by Crippen LogP contribution is 2.40. The molecule has 2 aromatic rings. The lowest BCUT2D eigenvalue weighted by Gasteiger charge is -2.37. The fourth-order valence-electron chi connectivity index (χ4n) is 4.80. The zero-order valence-corrected chi connectivity index (χ0v) is 21.8. The molecule has 3 amide bonds. The van der Waals surface area contributed by atoms with Crippen LogP contribution < -0.4 is 16.0 Å². The first-order valence-electron chi connectivity index (χ1n) is 12.7. The molecule has 8 nitrogen and oxygen atoms in total. The normalized spacial score (nSPS) is 20.0. The molecule has 39 heavy (non-hydrogen) atoms. The molecule has 1 saturated carbocycles. The summed E-state index contributed by atoms with van der Waals surface area (Å²) < 4.78 is 38.6. The Bertz CT molecular complexity index is 1220. The van der Waals surface area contributed by atoms with Gasteiger partial charge in [0.2, 0.25) is 5.91 Å². The van der Waals surface area contributed by atoms with Crippen LogP contribution in [-0.4, -0.2) is 48.2 Å². The Labute approximate surface area is 224 Å². The second-order valence-corrected chi connectivity index (χ2v) is 9.92. The number of aliphatic hydroxyl groups is 1. The summed E-state index contributed by atoms with van der Waals surface area (Å²) in [7, 11) is 1.54. The van der Waals surface area contributed by atoms with Gasteiger partial charge in [0.25, 0.3) is 11.8 Å². The molecule has 0 spiro atoms. The fourth-order valence-corrected chi connectivity index (χ4v) is 4.80. The summed E-state index contributed by atoms with van der Waals surface area (Å²) >= 11 is 0. The number of amides is 3. The van der Waals surface area contributed by atoms with Gasteiger partial charge in [-0.1, -0.05) is 18.2 Å². The number of carbonyl (C=O) groups is 3. The van der Waals surface area contributed by atoms with Crippen LogP contribution in [-0.2, 0) is 16.6 Å². The van der Waals surface area contributed by atoms with Gasteiger partial charge in [0.05, 0.1) is 17.7 Å². The van der Waals surface area contributed by atoms with Crippen LogP contribution in [0.2, 0.25) is 0 Å². The standard InChI is InChI=1S/C28H33F3N4O4/c1-17(35-24(36)16-34-26(38)20-6-4-8-22(15-20)28(29,30)31)13-23(32)18-9-11-27(39,12-10-18)21-7-3-5-19(14-21)25(37)33-2/h3-8,14-15,17-18,32,39H,9-13,16H2,1-2H3,(H,33,37)(H,34,38)(H,35,36)/t17-,18?,27?/m1/s1. The highest BCUT2D eigenvalue weighted by Gasteiger charge is 2.36. The van der Waals surface area contributed by atoms with Gasteiger partial charge in [-0.05, 0) is 74.4 Å². The number of carbonyl (C=O) groups excluding carboxylic acids is 3. The third-order valence-electron chi connectivity index (χ3n) is 6.99. The van der Waals surface area contributed by atoms with E-state index in [0.717, 1.165) is 18.2 Å². The molecule has 0 bridgehead atoms. The van der Waals surface area contributed by atoms with Gasteiger partial charge in [-0.2, -0.15) is 13.2 Å². The van der Waals surface area contributed by atoms with Gasteiger partial charge < -0.3 is 26.5 Å². The van der Waals surface area contributed by atoms with Crippen LogP contribution in [0.5, 0.6) is 0 Å². The average molecular weight is 547 g/mol. The molecule has 1 aliphatic carbocycles. The van der Waals surface area contributed by atoms with Crippen LogP contribution in [0.1, 0.15) is 70.9 Å². The molecular weight excluding hydrogens is 513 g/mol. The van der Waals surface area contributed by atoms with Crippen LogP contribution in [0.15, 0.2) is 48.5 Å². The van der Waals surface area contributed by atoms with Crippen molar-refractivity contribution < 1.29 is 32.7 Å². The summed E-state index contributed by atoms with van der Waals surface area (Å²) in [5.41, 5.74) is -0.666. The first-order valence-corrected chi connectivity index (χ1v) is 12.7. The van der Waals surface area contributed by atoms with Gasteiger partial charge in [0.1, 0.15) is 0 Å². The maximum atomic E-state index is 12.9. The van der Waals surface area contributed by atoms with Crippen molar-refractivity contribution in [2.75, 3.05) is 13.6 Å². The van der Waals surface area contributed by atoms with Crippen molar-refractivity contribution in [2.45, 2.75) is 56.8 Å². The van der Waals surface area contributed by atoms with Crippen LogP contribution >= 0.6 is 0 Å². The third-order valence-corrected chi connectivity index (χ3v) is 6.99. The lowest BCUT2D eigenvalue weighted by molar-refractivity contribution is -0.137. The van der Waals surface area contributed by atoms with Gasteiger partial charge in [0, 0.05) is 36.3 Å². The van der Waals surface area contributed by atoms with Gasteiger partial charge >= 0.3 is 6.18 Å². The van der Waals surface area contributed by atoms with Crippen molar-refractivity contribution in [3.63, 3.8) is 0 Å². The summed E-state index contributed by atoms with van der Waals surface area (Å²) in [4.78, 5) is 36.4. The van der Waals surface area contributed by atoms with Gasteiger partial charge in [-0.25, -0.2) is 0 Å². The molecule has 1 atom stereocenters. The van der Waals surface area contributed by atoms with Gasteiger partial charge in [0.15, 0.2) is 0 Å². The molecule has 210 valence electrons. The highest BCUT2D eigenvalue weighted by molar-refractivity contribution is 5.96. The van der Waals surface area contributed by atoms with Crippen molar-refractivity contribution in [2.24, 2.45) is 5.92 Å². The molecule has 0 radical (unpaired) electrons. The van der Waals surface area contributed by atoms with E-state index < -0.39 is 41.7 Å². The molecule has 0 aliphatic heterocycles. The predicted octanol–water partition coefficient (Wildman–Crippen LogP) is 3.79. The van der Waals surface area contributed by atoms with Gasteiger partial charge in [-0.15, -0.1) is 0 Å². The largest absolute Gasteiger partial charge is 0.416 e. The third kappa shape index (κ3) is 7.89. The lowest BCUT2D eigenvalue weighted by Crippen LogP contribution is -2.42. The Morgan fingerprint density at radius 2 is 1.67 bits per heavy atom. The van der Waals surface area contributed by atoms with Crippen LogP contribution in [0.4, 0.5) is 13.2 Å². The second kappa shape index (κ2) is 12.4. The minimum Gasteiger partial charge on any atom is -0.385 e. The molecule has 11 heteroatoms. The Kier molecular flexibility index (Phi) is 9.49. The molecule has 5 N–H and O–H groups in total. The van der Waals surface area contributed by atoms with E-state index in [1.54, 1.807) is 38.2 Å². The number of benzene rings is 2. The number of rotatable bonds is 9. The first kappa shape index (κ1) is 29.8. The van der Waals surface area contributed by atoms with Crippen LogP contribution in [0.3, 0.4) is 0 Å². The van der Waals surface area contributed by atoms with Crippen molar-refractivity contribution >= 4 is 23.4 Å². The van der Waals surface area contributed by atoms with E-state index >= 15 is 0 Å². The van der Waals surface area contributed by atoms with E-state index in [2.05, 4.69) is 16.0 Å². The fraction of sp³-hybridized carbons (Fsp3) is 0.429. The number of alkyl halides is 3. The van der Waals surface area contributed by atoms with E-state index in [4.69, 9.17) is 5.41 Å². The minimum absolute atomic E-state index is 0.0626.